The first-order valence-electron chi connectivity index (χ1n) is 13.7. The van der Waals surface area contributed by atoms with Gasteiger partial charge in [-0.1, -0.05) is 12.2 Å². The Morgan fingerprint density at radius 2 is 1.82 bits per heavy atom. The van der Waals surface area contributed by atoms with E-state index in [4.69, 9.17) is 9.47 Å². The zero-order valence-corrected chi connectivity index (χ0v) is 23.3. The number of likely N-dealkylation sites (tertiary alicyclic amines) is 1. The molecule has 0 aliphatic carbocycles. The SMILES string of the molecule is C=CCN(C)C(=O)[C@@H]1[C@H]2C(=O)N(CCCCCO)C(C(=O)N(CC=C)c3ccc(OC)cc3)C23CC[C@@]1(C)O3. The second-order valence-electron chi connectivity index (χ2n) is 11.0. The molecule has 212 valence electrons. The number of hydrogen-bond donors (Lipinski definition) is 1. The molecule has 3 saturated heterocycles. The highest BCUT2D eigenvalue weighted by atomic mass is 16.5. The second kappa shape index (κ2) is 11.5. The number of anilines is 1. The lowest BCUT2D eigenvalue weighted by atomic mass is 9.66. The van der Waals surface area contributed by atoms with Crippen LogP contribution in [-0.4, -0.2) is 90.3 Å². The molecule has 4 rings (SSSR count). The number of benzene rings is 1. The van der Waals surface area contributed by atoms with Gasteiger partial charge in [0.1, 0.15) is 17.4 Å². The average Bonchev–Trinajstić information content (AvgIpc) is 3.50. The van der Waals surface area contributed by atoms with Gasteiger partial charge in [0.25, 0.3) is 5.91 Å². The van der Waals surface area contributed by atoms with Crippen LogP contribution in [0.2, 0.25) is 0 Å². The van der Waals surface area contributed by atoms with E-state index in [-0.39, 0.29) is 30.9 Å². The summed E-state index contributed by atoms with van der Waals surface area (Å²) < 4.78 is 12.0. The maximum atomic E-state index is 14.5. The third kappa shape index (κ3) is 4.87. The first-order chi connectivity index (χ1) is 18.7. The predicted octanol–water partition coefficient (Wildman–Crippen LogP) is 2.79. The van der Waals surface area contributed by atoms with Crippen LogP contribution in [-0.2, 0) is 19.1 Å². The van der Waals surface area contributed by atoms with Crippen LogP contribution >= 0.6 is 0 Å². The Bertz CT molecular complexity index is 1110. The number of carbonyl (C=O) groups excluding carboxylic acids is 3. The van der Waals surface area contributed by atoms with Crippen molar-refractivity contribution in [3.63, 3.8) is 0 Å². The van der Waals surface area contributed by atoms with Gasteiger partial charge in [-0.15, -0.1) is 13.2 Å². The van der Waals surface area contributed by atoms with E-state index in [0.717, 1.165) is 6.42 Å². The fourth-order valence-corrected chi connectivity index (χ4v) is 6.77. The van der Waals surface area contributed by atoms with Gasteiger partial charge in [0.2, 0.25) is 11.8 Å². The number of aliphatic hydroxyl groups is 1. The van der Waals surface area contributed by atoms with Crippen molar-refractivity contribution in [1.29, 1.82) is 0 Å². The molecule has 39 heavy (non-hydrogen) atoms. The lowest BCUT2D eigenvalue weighted by Gasteiger charge is -2.37. The summed E-state index contributed by atoms with van der Waals surface area (Å²) in [6.45, 7) is 10.5. The molecule has 0 saturated carbocycles. The molecular weight excluding hydrogens is 498 g/mol. The van der Waals surface area contributed by atoms with Crippen LogP contribution in [0.5, 0.6) is 5.75 Å². The molecule has 9 nitrogen and oxygen atoms in total. The van der Waals surface area contributed by atoms with E-state index in [1.165, 1.54) is 0 Å². The van der Waals surface area contributed by atoms with Gasteiger partial charge in [0, 0.05) is 39.0 Å². The van der Waals surface area contributed by atoms with Gasteiger partial charge in [-0.05, 0) is 63.3 Å². The molecule has 1 aromatic carbocycles. The van der Waals surface area contributed by atoms with E-state index in [0.29, 0.717) is 50.2 Å². The normalized spacial score (nSPS) is 28.8. The lowest BCUT2D eigenvalue weighted by molar-refractivity contribution is -0.149. The van der Waals surface area contributed by atoms with E-state index in [2.05, 4.69) is 13.2 Å². The van der Waals surface area contributed by atoms with Crippen LogP contribution < -0.4 is 9.64 Å². The standard InChI is InChI=1S/C30H41N3O6/c1-6-17-31(4)26(35)23-24-27(36)33(19-9-8-10-20-34)25(30(24)16-15-29(23,3)39-30)28(37)32(18-7-2)21-11-13-22(38-5)14-12-21/h6-7,11-14,23-25,34H,1-2,8-10,15-20H2,3-5H3/t23-,24-,25?,29+,30?/m0/s1. The monoisotopic (exact) mass is 539 g/mol. The molecule has 1 N–H and O–H groups in total. The second-order valence-corrected chi connectivity index (χ2v) is 11.0. The Morgan fingerprint density at radius 3 is 2.44 bits per heavy atom. The molecule has 5 atom stereocenters. The number of amides is 3. The zero-order valence-electron chi connectivity index (χ0n) is 23.3. The maximum Gasteiger partial charge on any atom is 0.253 e. The van der Waals surface area contributed by atoms with E-state index < -0.39 is 29.1 Å². The van der Waals surface area contributed by atoms with Crippen molar-refractivity contribution in [2.45, 2.75) is 56.3 Å². The van der Waals surface area contributed by atoms with Crippen LogP contribution in [0.25, 0.3) is 0 Å². The largest absolute Gasteiger partial charge is 0.497 e. The molecule has 1 aromatic rings. The Labute approximate surface area is 231 Å². The minimum atomic E-state index is -1.10. The number of ether oxygens (including phenoxy) is 2. The van der Waals surface area contributed by atoms with Crippen molar-refractivity contribution in [2.75, 3.05) is 45.3 Å². The number of fused-ring (bicyclic) bond motifs is 1. The summed E-state index contributed by atoms with van der Waals surface area (Å²) in [5.41, 5.74) is -1.27. The smallest absolute Gasteiger partial charge is 0.253 e. The summed E-state index contributed by atoms with van der Waals surface area (Å²) >= 11 is 0. The number of unbranched alkanes of at least 4 members (excludes halogenated alkanes) is 2. The fraction of sp³-hybridized carbons (Fsp3) is 0.567. The first-order valence-corrected chi connectivity index (χ1v) is 13.7. The Hall–Kier alpha value is -3.17. The number of methoxy groups -OCH3 is 1. The summed E-state index contributed by atoms with van der Waals surface area (Å²) in [7, 11) is 3.29. The molecule has 3 fully saturated rings. The average molecular weight is 540 g/mol. The van der Waals surface area contributed by atoms with Crippen molar-refractivity contribution in [3.05, 3.63) is 49.6 Å². The quantitative estimate of drug-likeness (QED) is 0.306. The molecule has 3 aliphatic heterocycles. The molecule has 3 aliphatic rings. The van der Waals surface area contributed by atoms with Crippen LogP contribution in [0.4, 0.5) is 5.69 Å². The summed E-state index contributed by atoms with van der Waals surface area (Å²) in [5, 5.41) is 9.25. The third-order valence-corrected chi connectivity index (χ3v) is 8.57. The van der Waals surface area contributed by atoms with Crippen LogP contribution in [0.1, 0.15) is 39.0 Å². The van der Waals surface area contributed by atoms with Gasteiger partial charge in [-0.25, -0.2) is 0 Å². The number of nitrogens with zero attached hydrogens (tertiary/aromatic N) is 3. The van der Waals surface area contributed by atoms with Crippen molar-refractivity contribution in [2.24, 2.45) is 11.8 Å². The highest BCUT2D eigenvalue weighted by Gasteiger charge is 2.78. The van der Waals surface area contributed by atoms with Crippen LogP contribution in [0.15, 0.2) is 49.6 Å². The van der Waals surface area contributed by atoms with E-state index in [1.807, 2.05) is 19.1 Å². The number of likely N-dealkylation sites (N-methyl/N-ethyl adjacent to an activating group) is 1. The third-order valence-electron chi connectivity index (χ3n) is 8.57. The Morgan fingerprint density at radius 1 is 1.13 bits per heavy atom. The predicted molar refractivity (Wildman–Crippen MR) is 148 cm³/mol. The topological polar surface area (TPSA) is 99.6 Å². The number of aliphatic hydroxyl groups excluding tert-OH is 1. The number of carbonyl (C=O) groups is 3. The molecule has 2 bridgehead atoms. The molecule has 1 spiro atoms. The Kier molecular flexibility index (Phi) is 8.51. The molecule has 3 amide bonds. The summed E-state index contributed by atoms with van der Waals surface area (Å²) in [6.07, 6.45) is 6.38. The van der Waals surface area contributed by atoms with Crippen molar-refractivity contribution in [1.82, 2.24) is 9.80 Å². The summed E-state index contributed by atoms with van der Waals surface area (Å²) in [4.78, 5) is 47.2. The van der Waals surface area contributed by atoms with Gasteiger partial charge >= 0.3 is 0 Å². The van der Waals surface area contributed by atoms with Gasteiger partial charge in [-0.2, -0.15) is 0 Å². The van der Waals surface area contributed by atoms with Gasteiger partial charge in [0.05, 0.1) is 24.5 Å². The minimum Gasteiger partial charge on any atom is -0.497 e. The van der Waals surface area contributed by atoms with E-state index >= 15 is 0 Å². The van der Waals surface area contributed by atoms with Gasteiger partial charge < -0.3 is 29.3 Å². The molecule has 9 heteroatoms. The van der Waals surface area contributed by atoms with Crippen LogP contribution in [0, 0.1) is 11.8 Å². The fourth-order valence-electron chi connectivity index (χ4n) is 6.77. The molecule has 2 unspecified atom stereocenters. The molecule has 0 aromatic heterocycles. The van der Waals surface area contributed by atoms with E-state index in [9.17, 15) is 19.5 Å². The van der Waals surface area contributed by atoms with Crippen molar-refractivity contribution in [3.8, 4) is 5.75 Å². The minimum absolute atomic E-state index is 0.0706. The lowest BCUT2D eigenvalue weighted by Crippen LogP contribution is -2.56. The summed E-state index contributed by atoms with van der Waals surface area (Å²) in [6, 6.07) is 6.31. The highest BCUT2D eigenvalue weighted by molar-refractivity contribution is 6.05. The number of rotatable bonds is 13. The maximum absolute atomic E-state index is 14.5. The summed E-state index contributed by atoms with van der Waals surface area (Å²) in [5.74, 6) is -1.39. The number of hydrogen-bond acceptors (Lipinski definition) is 6. The van der Waals surface area contributed by atoms with Gasteiger partial charge in [0.15, 0.2) is 0 Å². The first kappa shape index (κ1) is 28.8. The highest BCUT2D eigenvalue weighted by Crippen LogP contribution is 2.63. The Balaban J connectivity index is 1.76. The zero-order chi connectivity index (χ0) is 28.4. The van der Waals surface area contributed by atoms with Crippen molar-refractivity contribution >= 4 is 23.4 Å². The molecular formula is C30H41N3O6. The molecule has 0 radical (unpaired) electrons. The molecule has 3 heterocycles. The van der Waals surface area contributed by atoms with Crippen LogP contribution in [0.3, 0.4) is 0 Å². The van der Waals surface area contributed by atoms with Gasteiger partial charge in [-0.3, -0.25) is 14.4 Å². The van der Waals surface area contributed by atoms with Crippen molar-refractivity contribution < 1.29 is 29.0 Å². The van der Waals surface area contributed by atoms with E-state index in [1.54, 1.807) is 53.1 Å².